The number of hydrogen-bond acceptors (Lipinski definition) is 3. The van der Waals surface area contributed by atoms with Crippen LogP contribution in [0.1, 0.15) is 23.2 Å². The average Bonchev–Trinajstić information content (AvgIpc) is 2.88. The maximum Gasteiger partial charge on any atom is 0.253 e. The topological polar surface area (TPSA) is 62.2 Å². The number of rotatable bonds is 2. The molecule has 1 aromatic heterocycles. The minimum Gasteiger partial charge on any atom is -0.506 e. The van der Waals surface area contributed by atoms with Crippen LogP contribution in [0.3, 0.4) is 0 Å². The molecule has 1 amide bonds. The molecule has 1 saturated carbocycles. The second kappa shape index (κ2) is 3.05. The standard InChI is InChI=1S/C9H10N2O2/c12-8-3-6(4-10-5-8)9(13)11-7-1-2-7/h3-5,7,12H,1-2H2,(H,11,13). The summed E-state index contributed by atoms with van der Waals surface area (Å²) in [7, 11) is 0. The van der Waals surface area contributed by atoms with Crippen LogP contribution in [0.15, 0.2) is 18.5 Å². The lowest BCUT2D eigenvalue weighted by atomic mass is 10.2. The number of amides is 1. The number of aromatic nitrogens is 1. The van der Waals surface area contributed by atoms with E-state index in [1.54, 1.807) is 0 Å². The maximum absolute atomic E-state index is 11.4. The van der Waals surface area contributed by atoms with Gasteiger partial charge in [0.05, 0.1) is 11.8 Å². The number of nitrogens with zero attached hydrogens (tertiary/aromatic N) is 1. The first-order valence-electron chi connectivity index (χ1n) is 4.20. The van der Waals surface area contributed by atoms with Crippen LogP contribution in [0.25, 0.3) is 0 Å². The number of aromatic hydroxyl groups is 1. The third kappa shape index (κ3) is 1.96. The molecule has 0 spiro atoms. The maximum atomic E-state index is 11.4. The van der Waals surface area contributed by atoms with Gasteiger partial charge in [0.2, 0.25) is 0 Å². The normalized spacial score (nSPS) is 15.4. The first-order valence-corrected chi connectivity index (χ1v) is 4.20. The van der Waals surface area contributed by atoms with Crippen molar-refractivity contribution in [2.75, 3.05) is 0 Å². The van der Waals surface area contributed by atoms with E-state index in [1.165, 1.54) is 18.5 Å². The first kappa shape index (κ1) is 8.04. The Morgan fingerprint density at radius 1 is 1.54 bits per heavy atom. The van der Waals surface area contributed by atoms with E-state index in [0.29, 0.717) is 11.6 Å². The van der Waals surface area contributed by atoms with E-state index in [0.717, 1.165) is 12.8 Å². The zero-order valence-corrected chi connectivity index (χ0v) is 7.03. The lowest BCUT2D eigenvalue weighted by molar-refractivity contribution is 0.0950. The molecule has 0 radical (unpaired) electrons. The quantitative estimate of drug-likeness (QED) is 0.700. The van der Waals surface area contributed by atoms with Gasteiger partial charge in [-0.25, -0.2) is 0 Å². The Labute approximate surface area is 75.6 Å². The van der Waals surface area contributed by atoms with Crippen LogP contribution < -0.4 is 5.32 Å². The van der Waals surface area contributed by atoms with Crippen molar-refractivity contribution < 1.29 is 9.90 Å². The van der Waals surface area contributed by atoms with E-state index < -0.39 is 0 Å². The molecule has 2 rings (SSSR count). The minimum absolute atomic E-state index is 0.0171. The molecule has 1 aliphatic carbocycles. The number of pyridine rings is 1. The van der Waals surface area contributed by atoms with Crippen molar-refractivity contribution in [1.29, 1.82) is 0 Å². The summed E-state index contributed by atoms with van der Waals surface area (Å²) >= 11 is 0. The second-order valence-electron chi connectivity index (χ2n) is 3.18. The molecule has 1 heterocycles. The number of carbonyl (C=O) groups is 1. The molecule has 2 N–H and O–H groups in total. The fourth-order valence-corrected chi connectivity index (χ4v) is 1.05. The largest absolute Gasteiger partial charge is 0.506 e. The van der Waals surface area contributed by atoms with Crippen molar-refractivity contribution in [1.82, 2.24) is 10.3 Å². The van der Waals surface area contributed by atoms with Gasteiger partial charge in [0.15, 0.2) is 0 Å². The highest BCUT2D eigenvalue weighted by Crippen LogP contribution is 2.19. The molecular weight excluding hydrogens is 168 g/mol. The lowest BCUT2D eigenvalue weighted by Gasteiger charge is -2.02. The minimum atomic E-state index is -0.161. The highest BCUT2D eigenvalue weighted by Gasteiger charge is 2.23. The first-order chi connectivity index (χ1) is 6.25. The van der Waals surface area contributed by atoms with E-state index >= 15 is 0 Å². The molecule has 4 nitrogen and oxygen atoms in total. The molecule has 0 aliphatic heterocycles. The lowest BCUT2D eigenvalue weighted by Crippen LogP contribution is -2.25. The van der Waals surface area contributed by atoms with Crippen LogP contribution in [-0.2, 0) is 0 Å². The molecule has 1 aromatic rings. The zero-order chi connectivity index (χ0) is 9.26. The van der Waals surface area contributed by atoms with E-state index in [-0.39, 0.29) is 11.7 Å². The summed E-state index contributed by atoms with van der Waals surface area (Å²) in [6.45, 7) is 0. The average molecular weight is 178 g/mol. The van der Waals surface area contributed by atoms with E-state index in [9.17, 15) is 4.79 Å². The Hall–Kier alpha value is -1.58. The monoisotopic (exact) mass is 178 g/mol. The fourth-order valence-electron chi connectivity index (χ4n) is 1.05. The summed E-state index contributed by atoms with van der Waals surface area (Å²) in [5, 5.41) is 11.9. The summed E-state index contributed by atoms with van der Waals surface area (Å²) in [6, 6.07) is 1.74. The molecule has 0 unspecified atom stereocenters. The van der Waals surface area contributed by atoms with Gasteiger partial charge in [-0.1, -0.05) is 0 Å². The molecule has 0 bridgehead atoms. The van der Waals surface area contributed by atoms with Crippen molar-refractivity contribution in [3.63, 3.8) is 0 Å². The van der Waals surface area contributed by atoms with Crippen molar-refractivity contribution in [3.05, 3.63) is 24.0 Å². The van der Waals surface area contributed by atoms with Gasteiger partial charge >= 0.3 is 0 Å². The zero-order valence-electron chi connectivity index (χ0n) is 7.03. The van der Waals surface area contributed by atoms with Crippen molar-refractivity contribution in [3.8, 4) is 5.75 Å². The highest BCUT2D eigenvalue weighted by molar-refractivity contribution is 5.94. The van der Waals surface area contributed by atoms with Gasteiger partial charge in [-0.15, -0.1) is 0 Å². The summed E-state index contributed by atoms with van der Waals surface area (Å²) < 4.78 is 0. The van der Waals surface area contributed by atoms with E-state index in [2.05, 4.69) is 10.3 Å². The Kier molecular flexibility index (Phi) is 1.88. The molecule has 0 atom stereocenters. The van der Waals surface area contributed by atoms with Crippen LogP contribution in [0, 0.1) is 0 Å². The van der Waals surface area contributed by atoms with Crippen LogP contribution in [0.5, 0.6) is 5.75 Å². The van der Waals surface area contributed by atoms with Gasteiger partial charge in [-0.05, 0) is 18.9 Å². The molecular formula is C9H10N2O2. The van der Waals surface area contributed by atoms with Crippen molar-refractivity contribution >= 4 is 5.91 Å². The third-order valence-corrected chi connectivity index (χ3v) is 1.90. The number of carbonyl (C=O) groups excluding carboxylic acids is 1. The summed E-state index contributed by atoms with van der Waals surface area (Å²) in [6.07, 6.45) is 4.85. The molecule has 0 aromatic carbocycles. The van der Waals surface area contributed by atoms with E-state index in [4.69, 9.17) is 5.11 Å². The van der Waals surface area contributed by atoms with Gasteiger partial charge in [0.25, 0.3) is 5.91 Å². The molecule has 13 heavy (non-hydrogen) atoms. The van der Waals surface area contributed by atoms with Crippen LogP contribution in [-0.4, -0.2) is 22.0 Å². The van der Waals surface area contributed by atoms with Crippen LogP contribution >= 0.6 is 0 Å². The Balaban J connectivity index is 2.09. The van der Waals surface area contributed by atoms with E-state index in [1.807, 2.05) is 0 Å². The van der Waals surface area contributed by atoms with Gasteiger partial charge in [-0.2, -0.15) is 0 Å². The summed E-state index contributed by atoms with van der Waals surface area (Å²) in [5.41, 5.74) is 0.409. The van der Waals surface area contributed by atoms with Gasteiger partial charge in [0, 0.05) is 12.2 Å². The highest BCUT2D eigenvalue weighted by atomic mass is 16.3. The Morgan fingerprint density at radius 2 is 2.31 bits per heavy atom. The SMILES string of the molecule is O=C(NC1CC1)c1cncc(O)c1. The molecule has 4 heteroatoms. The van der Waals surface area contributed by atoms with Crippen molar-refractivity contribution in [2.45, 2.75) is 18.9 Å². The third-order valence-electron chi connectivity index (χ3n) is 1.90. The fraction of sp³-hybridized carbons (Fsp3) is 0.333. The number of hydrogen-bond donors (Lipinski definition) is 2. The molecule has 1 fully saturated rings. The summed E-state index contributed by atoms with van der Waals surface area (Å²) in [4.78, 5) is 15.1. The predicted molar refractivity (Wildman–Crippen MR) is 46.4 cm³/mol. The molecule has 1 aliphatic rings. The van der Waals surface area contributed by atoms with Crippen LogP contribution in [0.4, 0.5) is 0 Å². The Bertz CT molecular complexity index is 334. The predicted octanol–water partition coefficient (Wildman–Crippen LogP) is 0.679. The summed E-state index contributed by atoms with van der Waals surface area (Å²) in [5.74, 6) is -0.144. The van der Waals surface area contributed by atoms with Crippen molar-refractivity contribution in [2.24, 2.45) is 0 Å². The molecule has 0 saturated heterocycles. The van der Waals surface area contributed by atoms with Gasteiger partial charge in [0.1, 0.15) is 5.75 Å². The van der Waals surface area contributed by atoms with Gasteiger partial charge < -0.3 is 10.4 Å². The van der Waals surface area contributed by atoms with Crippen LogP contribution in [0.2, 0.25) is 0 Å². The smallest absolute Gasteiger partial charge is 0.253 e. The number of nitrogens with one attached hydrogen (secondary N) is 1. The second-order valence-corrected chi connectivity index (χ2v) is 3.18. The Morgan fingerprint density at radius 3 is 2.92 bits per heavy atom. The molecule has 68 valence electrons. The van der Waals surface area contributed by atoms with Gasteiger partial charge in [-0.3, -0.25) is 9.78 Å².